The third-order valence-corrected chi connectivity index (χ3v) is 5.14. The van der Waals surface area contributed by atoms with Gasteiger partial charge >= 0.3 is 0 Å². The molecule has 2 aliphatic heterocycles. The molecule has 2 heterocycles. The molecule has 0 radical (unpaired) electrons. The van der Waals surface area contributed by atoms with Gasteiger partial charge in [-0.15, -0.1) is 0 Å². The van der Waals surface area contributed by atoms with Gasteiger partial charge in [-0.1, -0.05) is 11.6 Å². The number of anilines is 1. The molecule has 6 heteroatoms. The van der Waals surface area contributed by atoms with E-state index < -0.39 is 4.92 Å². The molecule has 1 N–H and O–H groups in total. The summed E-state index contributed by atoms with van der Waals surface area (Å²) in [5, 5.41) is 14.8. The molecule has 1 aromatic carbocycles. The van der Waals surface area contributed by atoms with Gasteiger partial charge in [0, 0.05) is 36.9 Å². The second-order valence-electron chi connectivity index (χ2n) is 6.22. The molecule has 3 rings (SSSR count). The average molecular weight is 310 g/mol. The maximum Gasteiger partial charge on any atom is 0.288 e. The molecule has 2 atom stereocenters. The van der Waals surface area contributed by atoms with E-state index >= 15 is 0 Å². The second kappa shape index (κ2) is 5.46. The number of rotatable bonds is 3. The van der Waals surface area contributed by atoms with E-state index in [0.717, 1.165) is 24.1 Å². The van der Waals surface area contributed by atoms with Crippen molar-refractivity contribution in [3.8, 4) is 0 Å². The average Bonchev–Trinajstić information content (AvgIpc) is 2.78. The predicted molar refractivity (Wildman–Crippen MR) is 84.2 cm³/mol. The lowest BCUT2D eigenvalue weighted by Crippen LogP contribution is -2.47. The van der Waals surface area contributed by atoms with Gasteiger partial charge in [-0.3, -0.25) is 10.1 Å². The van der Waals surface area contributed by atoms with E-state index in [9.17, 15) is 10.1 Å². The summed E-state index contributed by atoms with van der Waals surface area (Å²) in [6.07, 6.45) is 4.77. The van der Waals surface area contributed by atoms with Crippen LogP contribution in [0.3, 0.4) is 0 Å². The number of nitro groups is 1. The summed E-state index contributed by atoms with van der Waals surface area (Å²) >= 11 is 6.07. The van der Waals surface area contributed by atoms with Gasteiger partial charge in [0.1, 0.15) is 5.02 Å². The number of benzene rings is 1. The SMILES string of the molecule is Cc1cc([N+](=O)[O-])c(Cl)cc1N(C)C1CC2CCC(C1)N2. The Hall–Kier alpha value is -1.33. The van der Waals surface area contributed by atoms with E-state index in [1.807, 2.05) is 6.92 Å². The molecule has 2 bridgehead atoms. The monoisotopic (exact) mass is 309 g/mol. The van der Waals surface area contributed by atoms with Gasteiger partial charge in [0.15, 0.2) is 0 Å². The molecule has 21 heavy (non-hydrogen) atoms. The molecule has 2 saturated heterocycles. The van der Waals surface area contributed by atoms with Gasteiger partial charge in [-0.25, -0.2) is 0 Å². The van der Waals surface area contributed by atoms with E-state index in [-0.39, 0.29) is 10.7 Å². The zero-order valence-electron chi connectivity index (χ0n) is 12.3. The Morgan fingerprint density at radius 2 is 1.95 bits per heavy atom. The fourth-order valence-electron chi connectivity index (χ4n) is 3.72. The fraction of sp³-hybridized carbons (Fsp3) is 0.600. The smallest absolute Gasteiger partial charge is 0.288 e. The number of hydrogen-bond donors (Lipinski definition) is 1. The van der Waals surface area contributed by atoms with Gasteiger partial charge < -0.3 is 10.2 Å². The van der Waals surface area contributed by atoms with Crippen LogP contribution in [0.4, 0.5) is 11.4 Å². The van der Waals surface area contributed by atoms with Crippen LogP contribution in [-0.4, -0.2) is 30.1 Å². The molecule has 0 amide bonds. The lowest BCUT2D eigenvalue weighted by atomic mass is 9.97. The lowest BCUT2D eigenvalue weighted by molar-refractivity contribution is -0.384. The highest BCUT2D eigenvalue weighted by molar-refractivity contribution is 6.33. The maximum absolute atomic E-state index is 11.0. The van der Waals surface area contributed by atoms with Crippen molar-refractivity contribution < 1.29 is 4.92 Å². The van der Waals surface area contributed by atoms with E-state index in [0.29, 0.717) is 18.1 Å². The summed E-state index contributed by atoms with van der Waals surface area (Å²) in [4.78, 5) is 12.8. The molecular weight excluding hydrogens is 290 g/mol. The Morgan fingerprint density at radius 3 is 2.52 bits per heavy atom. The van der Waals surface area contributed by atoms with Crippen LogP contribution in [0.1, 0.15) is 31.2 Å². The van der Waals surface area contributed by atoms with E-state index in [1.54, 1.807) is 12.1 Å². The first kappa shape index (κ1) is 14.6. The first-order chi connectivity index (χ1) is 9.95. The molecule has 114 valence electrons. The minimum absolute atomic E-state index is 0.0169. The Balaban J connectivity index is 1.86. The van der Waals surface area contributed by atoms with Crippen LogP contribution in [0.25, 0.3) is 0 Å². The van der Waals surface area contributed by atoms with Gasteiger partial charge in [0.2, 0.25) is 0 Å². The number of halogens is 1. The van der Waals surface area contributed by atoms with E-state index in [2.05, 4.69) is 17.3 Å². The molecular formula is C15H20ClN3O2. The molecule has 2 unspecified atom stereocenters. The Labute approximate surface area is 129 Å². The largest absolute Gasteiger partial charge is 0.371 e. The van der Waals surface area contributed by atoms with Crippen LogP contribution in [0, 0.1) is 17.0 Å². The Morgan fingerprint density at radius 1 is 1.33 bits per heavy atom. The van der Waals surface area contributed by atoms with E-state index in [4.69, 9.17) is 11.6 Å². The molecule has 5 nitrogen and oxygen atoms in total. The summed E-state index contributed by atoms with van der Waals surface area (Å²) in [5.74, 6) is 0. The van der Waals surface area contributed by atoms with Crippen LogP contribution in [0.15, 0.2) is 12.1 Å². The molecule has 1 aromatic rings. The van der Waals surface area contributed by atoms with Crippen LogP contribution in [0.2, 0.25) is 5.02 Å². The van der Waals surface area contributed by atoms with Crippen LogP contribution in [-0.2, 0) is 0 Å². The molecule has 2 aliphatic rings. The maximum atomic E-state index is 11.0. The van der Waals surface area contributed by atoms with Crippen LogP contribution < -0.4 is 10.2 Å². The van der Waals surface area contributed by atoms with Gasteiger partial charge in [0.05, 0.1) is 4.92 Å². The van der Waals surface area contributed by atoms with Crippen molar-refractivity contribution in [3.63, 3.8) is 0 Å². The fourth-order valence-corrected chi connectivity index (χ4v) is 3.94. The number of hydrogen-bond acceptors (Lipinski definition) is 4. The first-order valence-corrected chi connectivity index (χ1v) is 7.77. The second-order valence-corrected chi connectivity index (χ2v) is 6.63. The van der Waals surface area contributed by atoms with E-state index in [1.165, 1.54) is 12.8 Å². The number of aryl methyl sites for hydroxylation is 1. The van der Waals surface area contributed by atoms with Crippen molar-refractivity contribution in [1.82, 2.24) is 5.32 Å². The Bertz CT molecular complexity index is 566. The number of fused-ring (bicyclic) bond motifs is 2. The summed E-state index contributed by atoms with van der Waals surface area (Å²) in [6.45, 7) is 1.91. The molecule has 0 saturated carbocycles. The molecule has 0 aliphatic carbocycles. The van der Waals surface area contributed by atoms with Crippen molar-refractivity contribution in [1.29, 1.82) is 0 Å². The summed E-state index contributed by atoms with van der Waals surface area (Å²) < 4.78 is 0. The van der Waals surface area contributed by atoms with Crippen molar-refractivity contribution in [2.75, 3.05) is 11.9 Å². The highest BCUT2D eigenvalue weighted by Gasteiger charge is 2.35. The zero-order chi connectivity index (χ0) is 15.1. The van der Waals surface area contributed by atoms with Crippen molar-refractivity contribution >= 4 is 23.0 Å². The molecule has 2 fully saturated rings. The zero-order valence-corrected chi connectivity index (χ0v) is 13.1. The standard InChI is InChI=1S/C15H20ClN3O2/c1-9-5-15(19(20)21)13(16)8-14(9)18(2)12-6-10-3-4-11(7-12)17-10/h5,8,10-12,17H,3-4,6-7H2,1-2H3. The third-order valence-electron chi connectivity index (χ3n) is 4.84. The number of nitro benzene ring substituents is 1. The van der Waals surface area contributed by atoms with Crippen LogP contribution >= 0.6 is 11.6 Å². The number of piperidine rings is 1. The van der Waals surface area contributed by atoms with Crippen molar-refractivity contribution in [2.45, 2.75) is 50.7 Å². The predicted octanol–water partition coefficient (Wildman–Crippen LogP) is 3.28. The Kier molecular flexibility index (Phi) is 3.80. The lowest BCUT2D eigenvalue weighted by Gasteiger charge is -2.37. The van der Waals surface area contributed by atoms with Gasteiger partial charge in [0.25, 0.3) is 5.69 Å². The third kappa shape index (κ3) is 2.72. The van der Waals surface area contributed by atoms with Gasteiger partial charge in [-0.05, 0) is 44.2 Å². The van der Waals surface area contributed by atoms with Crippen LogP contribution in [0.5, 0.6) is 0 Å². The summed E-state index contributed by atoms with van der Waals surface area (Å²) in [5.41, 5.74) is 1.88. The normalized spacial score (nSPS) is 27.7. The minimum atomic E-state index is -0.427. The summed E-state index contributed by atoms with van der Waals surface area (Å²) in [6, 6.07) is 5.01. The molecule has 0 spiro atoms. The summed E-state index contributed by atoms with van der Waals surface area (Å²) in [7, 11) is 2.07. The molecule has 0 aromatic heterocycles. The number of nitrogens with one attached hydrogen (secondary N) is 1. The first-order valence-electron chi connectivity index (χ1n) is 7.39. The minimum Gasteiger partial charge on any atom is -0.371 e. The quantitative estimate of drug-likeness (QED) is 0.687. The van der Waals surface area contributed by atoms with Gasteiger partial charge in [-0.2, -0.15) is 0 Å². The topological polar surface area (TPSA) is 58.4 Å². The number of nitrogens with zero attached hydrogens (tertiary/aromatic N) is 2. The highest BCUT2D eigenvalue weighted by atomic mass is 35.5. The van der Waals surface area contributed by atoms with Crippen molar-refractivity contribution in [3.05, 3.63) is 32.8 Å². The highest BCUT2D eigenvalue weighted by Crippen LogP contribution is 2.36. The van der Waals surface area contributed by atoms with Crippen molar-refractivity contribution in [2.24, 2.45) is 0 Å².